The second-order valence-corrected chi connectivity index (χ2v) is 4.64. The van der Waals surface area contributed by atoms with E-state index < -0.39 is 4.92 Å². The summed E-state index contributed by atoms with van der Waals surface area (Å²) in [5, 5.41) is 19.4. The molecule has 88 valence electrons. The average Bonchev–Trinajstić information content (AvgIpc) is 2.80. The Labute approximate surface area is 109 Å². The number of non-ortho nitro benzene ring substituents is 1. The molecule has 1 heterocycles. The van der Waals surface area contributed by atoms with Crippen molar-refractivity contribution >= 4 is 38.8 Å². The molecule has 0 spiro atoms. The van der Waals surface area contributed by atoms with Crippen molar-refractivity contribution < 1.29 is 4.92 Å². The van der Waals surface area contributed by atoms with Crippen LogP contribution in [0.1, 0.15) is 5.69 Å². The summed E-state index contributed by atoms with van der Waals surface area (Å²) in [5.41, 5.74) is 1.67. The lowest BCUT2D eigenvalue weighted by atomic mass is 10.3. The quantitative estimate of drug-likeness (QED) is 0.693. The fourth-order valence-corrected chi connectivity index (χ4v) is 2.17. The van der Waals surface area contributed by atoms with E-state index in [0.717, 1.165) is 11.4 Å². The molecule has 1 aromatic carbocycles. The molecular formula is C9H7BrN4O2S. The Kier molecular flexibility index (Phi) is 3.64. The monoisotopic (exact) mass is 314 g/mol. The molecule has 2 rings (SSSR count). The van der Waals surface area contributed by atoms with Crippen LogP contribution in [0.2, 0.25) is 0 Å². The van der Waals surface area contributed by atoms with Crippen LogP contribution in [-0.2, 0) is 6.54 Å². The van der Waals surface area contributed by atoms with Crippen molar-refractivity contribution in [2.45, 2.75) is 6.54 Å². The Morgan fingerprint density at radius 1 is 1.53 bits per heavy atom. The zero-order valence-electron chi connectivity index (χ0n) is 8.46. The lowest BCUT2D eigenvalue weighted by molar-refractivity contribution is -0.384. The van der Waals surface area contributed by atoms with E-state index in [4.69, 9.17) is 0 Å². The molecule has 0 amide bonds. The maximum absolute atomic E-state index is 10.6. The number of hydrogen-bond donors (Lipinski definition) is 1. The number of nitrogens with zero attached hydrogens (tertiary/aromatic N) is 3. The van der Waals surface area contributed by atoms with E-state index in [0.29, 0.717) is 11.0 Å². The number of rotatable bonds is 4. The molecule has 0 radical (unpaired) electrons. The van der Waals surface area contributed by atoms with Gasteiger partial charge < -0.3 is 5.32 Å². The van der Waals surface area contributed by atoms with Crippen molar-refractivity contribution in [3.05, 3.63) is 43.9 Å². The van der Waals surface area contributed by atoms with Crippen molar-refractivity contribution in [2.75, 3.05) is 5.32 Å². The Morgan fingerprint density at radius 3 is 2.94 bits per heavy atom. The third-order valence-electron chi connectivity index (χ3n) is 2.03. The Morgan fingerprint density at radius 2 is 2.35 bits per heavy atom. The summed E-state index contributed by atoms with van der Waals surface area (Å²) in [6.07, 6.45) is 0. The van der Waals surface area contributed by atoms with Gasteiger partial charge in [0.25, 0.3) is 5.69 Å². The van der Waals surface area contributed by atoms with Crippen LogP contribution in [-0.4, -0.2) is 14.5 Å². The molecule has 0 saturated carbocycles. The molecular weight excluding hydrogens is 308 g/mol. The number of nitrogens with one attached hydrogen (secondary N) is 1. The maximum atomic E-state index is 10.6. The first kappa shape index (κ1) is 11.9. The molecule has 8 heteroatoms. The Bertz CT molecular complexity index is 532. The minimum Gasteiger partial charge on any atom is -0.378 e. The predicted molar refractivity (Wildman–Crippen MR) is 68.0 cm³/mol. The average molecular weight is 315 g/mol. The van der Waals surface area contributed by atoms with E-state index in [1.807, 2.05) is 5.38 Å². The topological polar surface area (TPSA) is 81.0 Å². The van der Waals surface area contributed by atoms with E-state index in [1.54, 1.807) is 6.07 Å². The minimum absolute atomic E-state index is 0.0535. The van der Waals surface area contributed by atoms with Gasteiger partial charge in [-0.05, 0) is 33.5 Å². The first-order valence-corrected chi connectivity index (χ1v) is 6.23. The molecule has 0 unspecified atom stereocenters. The number of anilines is 1. The number of nitro benzene ring substituents is 1. The highest BCUT2D eigenvalue weighted by Crippen LogP contribution is 2.27. The fourth-order valence-electron chi connectivity index (χ4n) is 1.21. The molecule has 0 aliphatic carbocycles. The highest BCUT2D eigenvalue weighted by atomic mass is 79.9. The fraction of sp³-hybridized carbons (Fsp3) is 0.111. The minimum atomic E-state index is -0.432. The van der Waals surface area contributed by atoms with Crippen LogP contribution in [0.4, 0.5) is 11.4 Å². The highest BCUT2D eigenvalue weighted by molar-refractivity contribution is 9.10. The molecule has 17 heavy (non-hydrogen) atoms. The van der Waals surface area contributed by atoms with Gasteiger partial charge in [-0.25, -0.2) is 0 Å². The zero-order valence-corrected chi connectivity index (χ0v) is 10.9. The van der Waals surface area contributed by atoms with E-state index in [9.17, 15) is 10.1 Å². The summed E-state index contributed by atoms with van der Waals surface area (Å²) in [4.78, 5) is 10.1. The molecule has 0 aliphatic heterocycles. The van der Waals surface area contributed by atoms with Gasteiger partial charge in [-0.3, -0.25) is 10.1 Å². The number of hydrogen-bond acceptors (Lipinski definition) is 6. The van der Waals surface area contributed by atoms with Gasteiger partial charge >= 0.3 is 0 Å². The summed E-state index contributed by atoms with van der Waals surface area (Å²) in [5.74, 6) is 0. The smallest absolute Gasteiger partial charge is 0.270 e. The van der Waals surface area contributed by atoms with Crippen molar-refractivity contribution in [1.82, 2.24) is 9.59 Å². The van der Waals surface area contributed by atoms with Crippen LogP contribution in [0.15, 0.2) is 28.1 Å². The van der Waals surface area contributed by atoms with Crippen LogP contribution in [0.25, 0.3) is 0 Å². The van der Waals surface area contributed by atoms with Crippen LogP contribution >= 0.6 is 27.5 Å². The molecule has 1 aromatic heterocycles. The Balaban J connectivity index is 2.09. The molecule has 6 nitrogen and oxygen atoms in total. The normalized spacial score (nSPS) is 10.2. The number of halogens is 1. The maximum Gasteiger partial charge on any atom is 0.270 e. The van der Waals surface area contributed by atoms with Gasteiger partial charge in [0.1, 0.15) is 0 Å². The molecule has 0 bridgehead atoms. The van der Waals surface area contributed by atoms with Crippen molar-refractivity contribution in [3.63, 3.8) is 0 Å². The summed E-state index contributed by atoms with van der Waals surface area (Å²) in [7, 11) is 0. The van der Waals surface area contributed by atoms with Gasteiger partial charge in [0.2, 0.25) is 0 Å². The van der Waals surface area contributed by atoms with Crippen LogP contribution in [0, 0.1) is 10.1 Å². The van der Waals surface area contributed by atoms with Gasteiger partial charge in [-0.1, -0.05) is 4.49 Å². The number of benzene rings is 1. The lowest BCUT2D eigenvalue weighted by Gasteiger charge is -2.06. The van der Waals surface area contributed by atoms with E-state index in [-0.39, 0.29) is 5.69 Å². The van der Waals surface area contributed by atoms with Gasteiger partial charge in [-0.15, -0.1) is 5.10 Å². The van der Waals surface area contributed by atoms with Crippen molar-refractivity contribution in [1.29, 1.82) is 0 Å². The summed E-state index contributed by atoms with van der Waals surface area (Å²) in [6, 6.07) is 4.57. The van der Waals surface area contributed by atoms with Gasteiger partial charge in [0.05, 0.1) is 17.2 Å². The lowest BCUT2D eigenvalue weighted by Crippen LogP contribution is -2.00. The molecule has 1 N–H and O–H groups in total. The highest BCUT2D eigenvalue weighted by Gasteiger charge is 2.08. The number of nitro groups is 1. The molecule has 0 saturated heterocycles. The van der Waals surface area contributed by atoms with Crippen LogP contribution in [0.3, 0.4) is 0 Å². The first-order chi connectivity index (χ1) is 8.16. The molecule has 0 aliphatic rings. The first-order valence-electron chi connectivity index (χ1n) is 4.60. The predicted octanol–water partition coefficient (Wildman–Crippen LogP) is 2.82. The van der Waals surface area contributed by atoms with Gasteiger partial charge in [0.15, 0.2) is 0 Å². The zero-order chi connectivity index (χ0) is 12.3. The van der Waals surface area contributed by atoms with Crippen LogP contribution in [0.5, 0.6) is 0 Å². The summed E-state index contributed by atoms with van der Waals surface area (Å²) < 4.78 is 4.39. The van der Waals surface area contributed by atoms with E-state index in [2.05, 4.69) is 30.8 Å². The summed E-state index contributed by atoms with van der Waals surface area (Å²) >= 11 is 4.56. The van der Waals surface area contributed by atoms with Crippen molar-refractivity contribution in [2.24, 2.45) is 0 Å². The Hall–Kier alpha value is -1.54. The van der Waals surface area contributed by atoms with Gasteiger partial charge in [-0.2, -0.15) is 0 Å². The largest absolute Gasteiger partial charge is 0.378 e. The SMILES string of the molecule is O=[N+]([O-])c1ccc(NCc2csnn2)c(Br)c1. The summed E-state index contributed by atoms with van der Waals surface area (Å²) in [6.45, 7) is 0.535. The third-order valence-corrected chi connectivity index (χ3v) is 3.24. The van der Waals surface area contributed by atoms with Crippen molar-refractivity contribution in [3.8, 4) is 0 Å². The standard InChI is InChI=1S/C9H7BrN4O2S/c10-8-3-7(14(15)16)1-2-9(8)11-4-6-5-17-13-12-6/h1-3,5,11H,4H2. The van der Waals surface area contributed by atoms with Gasteiger partial charge in [0, 0.05) is 27.7 Å². The van der Waals surface area contributed by atoms with Crippen LogP contribution < -0.4 is 5.32 Å². The molecule has 0 fully saturated rings. The number of aromatic nitrogens is 2. The third kappa shape index (κ3) is 2.98. The van der Waals surface area contributed by atoms with E-state index in [1.165, 1.54) is 23.7 Å². The molecule has 2 aromatic rings. The van der Waals surface area contributed by atoms with E-state index >= 15 is 0 Å². The second kappa shape index (κ2) is 5.19. The second-order valence-electron chi connectivity index (χ2n) is 3.17. The molecule has 0 atom stereocenters.